The smallest absolute Gasteiger partial charge is 0.267 e. The maximum absolute atomic E-state index is 14.2. The molecule has 2 aliphatic rings. The Balaban J connectivity index is 1.65. The van der Waals surface area contributed by atoms with Crippen LogP contribution in [0.4, 0.5) is 10.1 Å². The van der Waals surface area contributed by atoms with Gasteiger partial charge in [0.15, 0.2) is 0 Å². The second kappa shape index (κ2) is 8.24. The van der Waals surface area contributed by atoms with Crippen LogP contribution in [0, 0.1) is 5.82 Å². The number of nitrogens with zero attached hydrogens (tertiary/aromatic N) is 2. The Morgan fingerprint density at radius 2 is 1.77 bits per heavy atom. The molecule has 4 rings (SSSR count). The Hall–Kier alpha value is -2.45. The van der Waals surface area contributed by atoms with Crippen LogP contribution >= 0.6 is 0 Å². The molecular formula is C23H28FN3O3S. The molecule has 2 aliphatic heterocycles. The summed E-state index contributed by atoms with van der Waals surface area (Å²) in [5, 5.41) is 2.37. The molecule has 31 heavy (non-hydrogen) atoms. The first-order chi connectivity index (χ1) is 14.7. The number of hydrogen-bond donors (Lipinski definition) is 1. The molecule has 0 saturated carbocycles. The number of hydrogen-bond acceptors (Lipinski definition) is 5. The highest BCUT2D eigenvalue weighted by molar-refractivity contribution is 7.90. The predicted octanol–water partition coefficient (Wildman–Crippen LogP) is 3.62. The molecule has 1 fully saturated rings. The highest BCUT2D eigenvalue weighted by atomic mass is 32.2. The maximum Gasteiger partial charge on any atom is 0.267 e. The van der Waals surface area contributed by atoms with Crippen LogP contribution < -0.4 is 10.2 Å². The Labute approximate surface area is 183 Å². The molecule has 0 spiro atoms. The van der Waals surface area contributed by atoms with E-state index in [9.17, 15) is 12.8 Å². The minimum atomic E-state index is -3.92. The number of benzene rings is 2. The molecule has 6 nitrogen and oxygen atoms in total. The molecule has 0 aromatic heterocycles. The van der Waals surface area contributed by atoms with E-state index in [1.54, 1.807) is 39.0 Å². The topological polar surface area (TPSA) is 71.0 Å². The monoisotopic (exact) mass is 445 g/mol. The average molecular weight is 446 g/mol. The Kier molecular flexibility index (Phi) is 5.79. The van der Waals surface area contributed by atoms with Crippen molar-refractivity contribution in [2.45, 2.75) is 37.5 Å². The Morgan fingerprint density at radius 1 is 1.13 bits per heavy atom. The van der Waals surface area contributed by atoms with Crippen LogP contribution in [-0.4, -0.2) is 46.1 Å². The molecule has 1 unspecified atom stereocenters. The van der Waals surface area contributed by atoms with E-state index in [-0.39, 0.29) is 5.90 Å². The Bertz CT molecular complexity index is 1080. The molecule has 0 amide bonds. The van der Waals surface area contributed by atoms with Crippen LogP contribution in [0.25, 0.3) is 0 Å². The number of piperazine rings is 1. The third-order valence-electron chi connectivity index (χ3n) is 5.93. The van der Waals surface area contributed by atoms with E-state index in [0.29, 0.717) is 11.1 Å². The van der Waals surface area contributed by atoms with Crippen LogP contribution in [0.3, 0.4) is 0 Å². The molecule has 0 aliphatic carbocycles. The molecular weight excluding hydrogens is 417 g/mol. The number of rotatable bonds is 4. The summed E-state index contributed by atoms with van der Waals surface area (Å²) in [6.07, 6.45) is 0. The zero-order valence-corrected chi connectivity index (χ0v) is 18.8. The SMILES string of the molecule is CC(C1=NS(=O)(=O)[C@@H](c2ccc(N3CCNCC3)cc2)C(C)(C)O1)c1ccccc1F. The summed E-state index contributed by atoms with van der Waals surface area (Å²) in [6.45, 7) is 8.86. The summed E-state index contributed by atoms with van der Waals surface area (Å²) in [5.74, 6) is -1.02. The molecule has 0 radical (unpaired) electrons. The van der Waals surface area contributed by atoms with Crippen molar-refractivity contribution < 1.29 is 17.5 Å². The van der Waals surface area contributed by atoms with Crippen LogP contribution in [0.15, 0.2) is 52.9 Å². The van der Waals surface area contributed by atoms with E-state index in [1.165, 1.54) is 6.07 Å². The largest absolute Gasteiger partial charge is 0.472 e. The zero-order valence-electron chi connectivity index (χ0n) is 18.0. The number of sulfonamides is 1. The Morgan fingerprint density at radius 3 is 2.39 bits per heavy atom. The summed E-state index contributed by atoms with van der Waals surface area (Å²) in [5.41, 5.74) is 0.984. The fourth-order valence-corrected chi connectivity index (χ4v) is 6.18. The van der Waals surface area contributed by atoms with Crippen LogP contribution in [0.2, 0.25) is 0 Å². The summed E-state index contributed by atoms with van der Waals surface area (Å²) in [7, 11) is -3.92. The van der Waals surface area contributed by atoms with Crippen molar-refractivity contribution in [2.24, 2.45) is 4.40 Å². The van der Waals surface area contributed by atoms with E-state index in [0.717, 1.165) is 31.9 Å². The van der Waals surface area contributed by atoms with Gasteiger partial charge < -0.3 is 15.0 Å². The summed E-state index contributed by atoms with van der Waals surface area (Å²) in [4.78, 5) is 2.27. The zero-order chi connectivity index (χ0) is 22.2. The van der Waals surface area contributed by atoms with Crippen molar-refractivity contribution in [3.8, 4) is 0 Å². The second-order valence-electron chi connectivity index (χ2n) is 8.60. The minimum Gasteiger partial charge on any atom is -0.472 e. The summed E-state index contributed by atoms with van der Waals surface area (Å²) >= 11 is 0. The van der Waals surface area contributed by atoms with Gasteiger partial charge >= 0.3 is 0 Å². The number of nitrogens with one attached hydrogen (secondary N) is 1. The number of halogens is 1. The van der Waals surface area contributed by atoms with Crippen molar-refractivity contribution in [1.82, 2.24) is 5.32 Å². The van der Waals surface area contributed by atoms with Crippen LogP contribution in [-0.2, 0) is 14.8 Å². The quantitative estimate of drug-likeness (QED) is 0.778. The highest BCUT2D eigenvalue weighted by Gasteiger charge is 2.48. The van der Waals surface area contributed by atoms with Crippen molar-refractivity contribution in [3.63, 3.8) is 0 Å². The first-order valence-corrected chi connectivity index (χ1v) is 12.0. The van der Waals surface area contributed by atoms with Crippen LogP contribution in [0.1, 0.15) is 43.1 Å². The fourth-order valence-electron chi connectivity index (χ4n) is 4.36. The lowest BCUT2D eigenvalue weighted by Gasteiger charge is -2.38. The van der Waals surface area contributed by atoms with E-state index in [1.807, 2.05) is 24.3 Å². The molecule has 0 bridgehead atoms. The average Bonchev–Trinajstić information content (AvgIpc) is 2.73. The van der Waals surface area contributed by atoms with E-state index in [4.69, 9.17) is 4.74 Å². The van der Waals surface area contributed by atoms with Gasteiger partial charge in [0.25, 0.3) is 10.0 Å². The highest BCUT2D eigenvalue weighted by Crippen LogP contribution is 2.42. The van der Waals surface area contributed by atoms with Gasteiger partial charge in [-0.25, -0.2) is 12.8 Å². The van der Waals surface area contributed by atoms with Gasteiger partial charge in [0.2, 0.25) is 5.90 Å². The predicted molar refractivity (Wildman–Crippen MR) is 121 cm³/mol. The van der Waals surface area contributed by atoms with Crippen LogP contribution in [0.5, 0.6) is 0 Å². The van der Waals surface area contributed by atoms with Crippen molar-refractivity contribution in [2.75, 3.05) is 31.1 Å². The van der Waals surface area contributed by atoms with Crippen molar-refractivity contribution in [1.29, 1.82) is 0 Å². The minimum absolute atomic E-state index is 0.0174. The third kappa shape index (κ3) is 4.32. The molecule has 166 valence electrons. The maximum atomic E-state index is 14.2. The summed E-state index contributed by atoms with van der Waals surface area (Å²) in [6, 6.07) is 13.8. The second-order valence-corrected chi connectivity index (χ2v) is 10.3. The third-order valence-corrected chi connectivity index (χ3v) is 7.80. The van der Waals surface area contributed by atoms with Gasteiger partial charge in [0.05, 0.1) is 5.92 Å². The molecule has 8 heteroatoms. The van der Waals surface area contributed by atoms with Gasteiger partial charge in [-0.2, -0.15) is 0 Å². The molecule has 2 heterocycles. The summed E-state index contributed by atoms with van der Waals surface area (Å²) < 4.78 is 50.8. The lowest BCUT2D eigenvalue weighted by Crippen LogP contribution is -2.44. The van der Waals surface area contributed by atoms with Gasteiger partial charge in [0, 0.05) is 31.9 Å². The molecule has 2 aromatic carbocycles. The van der Waals surface area contributed by atoms with Crippen molar-refractivity contribution in [3.05, 3.63) is 65.5 Å². The van der Waals surface area contributed by atoms with E-state index < -0.39 is 32.6 Å². The van der Waals surface area contributed by atoms with E-state index in [2.05, 4.69) is 14.6 Å². The first-order valence-electron chi connectivity index (χ1n) is 10.5. The standard InChI is InChI=1S/C23H28FN3O3S/c1-16(19-6-4-5-7-20(19)24)22-26-31(28,29)21(23(2,3)30-22)17-8-10-18(11-9-17)27-14-12-25-13-15-27/h4-11,16,21,25H,12-15H2,1-3H3/t16?,21-/m0/s1. The van der Waals surface area contributed by atoms with Gasteiger partial charge in [0.1, 0.15) is 16.7 Å². The van der Waals surface area contributed by atoms with Gasteiger partial charge in [-0.05, 0) is 50.1 Å². The molecule has 2 aromatic rings. The van der Waals surface area contributed by atoms with Crippen molar-refractivity contribution >= 4 is 21.6 Å². The number of anilines is 1. The van der Waals surface area contributed by atoms with Gasteiger partial charge in [-0.15, -0.1) is 4.40 Å². The first kappa shape index (κ1) is 21.8. The lowest BCUT2D eigenvalue weighted by molar-refractivity contribution is 0.0792. The fraction of sp³-hybridized carbons (Fsp3) is 0.435. The molecule has 2 atom stereocenters. The lowest BCUT2D eigenvalue weighted by atomic mass is 9.95. The van der Waals surface area contributed by atoms with Gasteiger partial charge in [-0.3, -0.25) is 0 Å². The number of ether oxygens (including phenoxy) is 1. The normalized spacial score (nSPS) is 23.5. The van der Waals surface area contributed by atoms with Gasteiger partial charge in [-0.1, -0.05) is 30.3 Å². The molecule has 1 saturated heterocycles. The molecule has 1 N–H and O–H groups in total. The van der Waals surface area contributed by atoms with E-state index >= 15 is 0 Å².